The average Bonchev–Trinajstić information content (AvgIpc) is 2.97. The number of hydrogen-bond donors (Lipinski definition) is 0. The highest BCUT2D eigenvalue weighted by Crippen LogP contribution is 2.23. The van der Waals surface area contributed by atoms with Crippen molar-refractivity contribution in [3.05, 3.63) is 71.5 Å². The van der Waals surface area contributed by atoms with Crippen molar-refractivity contribution >= 4 is 5.97 Å². The molecule has 0 atom stereocenters. The van der Waals surface area contributed by atoms with Crippen LogP contribution >= 0.6 is 0 Å². The van der Waals surface area contributed by atoms with Gasteiger partial charge in [0.15, 0.2) is 5.82 Å². The van der Waals surface area contributed by atoms with E-state index < -0.39 is 5.97 Å². The maximum Gasteiger partial charge on any atom is 0.343 e. The van der Waals surface area contributed by atoms with Crippen LogP contribution in [0.4, 0.5) is 0 Å². The summed E-state index contributed by atoms with van der Waals surface area (Å²) < 4.78 is 11.3. The van der Waals surface area contributed by atoms with Crippen molar-refractivity contribution in [3.63, 3.8) is 0 Å². The first-order valence-corrected chi connectivity index (χ1v) is 14.4. The van der Waals surface area contributed by atoms with Gasteiger partial charge in [0.2, 0.25) is 0 Å². The third-order valence-electron chi connectivity index (χ3n) is 6.69. The number of aromatic nitrogens is 2. The van der Waals surface area contributed by atoms with Gasteiger partial charge in [-0.3, -0.25) is 0 Å². The Hall–Kier alpha value is -3.72. The summed E-state index contributed by atoms with van der Waals surface area (Å²) in [6.07, 6.45) is 18.0. The minimum atomic E-state index is -0.527. The summed E-state index contributed by atoms with van der Waals surface area (Å²) in [5.41, 5.74) is 2.63. The molecule has 0 spiro atoms. The number of hydrogen-bond acceptors (Lipinski definition) is 6. The summed E-state index contributed by atoms with van der Waals surface area (Å²) in [4.78, 5) is 21.7. The van der Waals surface area contributed by atoms with Crippen LogP contribution in [0.3, 0.4) is 0 Å². The molecule has 0 aliphatic heterocycles. The summed E-state index contributed by atoms with van der Waals surface area (Å²) in [5, 5.41) is 9.55. The summed E-state index contributed by atoms with van der Waals surface area (Å²) in [6, 6.07) is 14.1. The Kier molecular flexibility index (Phi) is 13.0. The lowest BCUT2D eigenvalue weighted by Gasteiger charge is -2.10. The van der Waals surface area contributed by atoms with E-state index in [9.17, 15) is 10.1 Å². The molecule has 0 fully saturated rings. The first-order chi connectivity index (χ1) is 19.1. The van der Waals surface area contributed by atoms with Crippen molar-refractivity contribution < 1.29 is 14.3 Å². The van der Waals surface area contributed by atoms with Crippen LogP contribution in [-0.2, 0) is 6.42 Å². The Balaban J connectivity index is 1.50. The molecule has 0 aliphatic carbocycles. The molecule has 2 aromatic carbocycles. The fourth-order valence-electron chi connectivity index (χ4n) is 4.34. The quantitative estimate of drug-likeness (QED) is 0.0994. The predicted octanol–water partition coefficient (Wildman–Crippen LogP) is 8.49. The van der Waals surface area contributed by atoms with Gasteiger partial charge in [-0.15, -0.1) is 0 Å². The third kappa shape index (κ3) is 10.2. The van der Waals surface area contributed by atoms with Gasteiger partial charge in [0.1, 0.15) is 17.6 Å². The molecular weight excluding hydrogens is 486 g/mol. The van der Waals surface area contributed by atoms with Crippen LogP contribution in [0.1, 0.15) is 106 Å². The number of unbranched alkanes of at least 4 members (excludes halogenated alkanes) is 9. The van der Waals surface area contributed by atoms with Gasteiger partial charge in [-0.1, -0.05) is 71.6 Å². The highest BCUT2D eigenvalue weighted by atomic mass is 16.5. The van der Waals surface area contributed by atoms with Crippen LogP contribution in [0.2, 0.25) is 0 Å². The lowest BCUT2D eigenvalue weighted by Crippen LogP contribution is -2.09. The first-order valence-electron chi connectivity index (χ1n) is 14.4. The molecule has 0 aliphatic rings. The van der Waals surface area contributed by atoms with E-state index in [1.165, 1.54) is 57.4 Å². The maximum absolute atomic E-state index is 12.7. The zero-order valence-electron chi connectivity index (χ0n) is 23.5. The van der Waals surface area contributed by atoms with Crippen molar-refractivity contribution in [3.8, 4) is 29.0 Å². The van der Waals surface area contributed by atoms with E-state index in [1.807, 2.05) is 24.5 Å². The van der Waals surface area contributed by atoms with E-state index in [0.717, 1.165) is 36.8 Å². The molecule has 0 unspecified atom stereocenters. The minimum absolute atomic E-state index is 0.302. The van der Waals surface area contributed by atoms with Gasteiger partial charge in [0, 0.05) is 18.0 Å². The van der Waals surface area contributed by atoms with Crippen LogP contribution in [0, 0.1) is 11.3 Å². The number of ether oxygens (including phenoxy) is 2. The van der Waals surface area contributed by atoms with E-state index in [1.54, 1.807) is 24.3 Å². The molecule has 1 aromatic heterocycles. The van der Waals surface area contributed by atoms with Crippen LogP contribution < -0.4 is 9.47 Å². The highest BCUT2D eigenvalue weighted by molar-refractivity contribution is 5.91. The molecule has 39 heavy (non-hydrogen) atoms. The largest absolute Gasteiger partial charge is 0.492 e. The molecule has 0 N–H and O–H groups in total. The van der Waals surface area contributed by atoms with E-state index in [-0.39, 0.29) is 0 Å². The van der Waals surface area contributed by atoms with E-state index in [0.29, 0.717) is 35.1 Å². The monoisotopic (exact) mass is 527 g/mol. The molecule has 0 saturated heterocycles. The summed E-state index contributed by atoms with van der Waals surface area (Å²) in [7, 11) is 0. The van der Waals surface area contributed by atoms with Crippen LogP contribution in [0.25, 0.3) is 11.4 Å². The number of carbonyl (C=O) groups excluding carboxylic acids is 1. The van der Waals surface area contributed by atoms with Crippen LogP contribution in [-0.4, -0.2) is 22.5 Å². The number of benzene rings is 2. The summed E-state index contributed by atoms with van der Waals surface area (Å²) in [6.45, 7) is 4.98. The topological polar surface area (TPSA) is 85.1 Å². The van der Waals surface area contributed by atoms with Gasteiger partial charge < -0.3 is 9.47 Å². The second kappa shape index (κ2) is 17.0. The highest BCUT2D eigenvalue weighted by Gasteiger charge is 2.13. The third-order valence-corrected chi connectivity index (χ3v) is 6.69. The minimum Gasteiger partial charge on any atom is -0.492 e. The Morgan fingerprint density at radius 3 is 2.13 bits per heavy atom. The van der Waals surface area contributed by atoms with Gasteiger partial charge in [-0.05, 0) is 67.3 Å². The van der Waals surface area contributed by atoms with Crippen molar-refractivity contribution in [1.82, 2.24) is 9.97 Å². The van der Waals surface area contributed by atoms with Gasteiger partial charge in [-0.2, -0.15) is 5.26 Å². The normalized spacial score (nSPS) is 10.7. The Morgan fingerprint density at radius 2 is 1.46 bits per heavy atom. The fraction of sp³-hybridized carbons (Fsp3) is 0.455. The van der Waals surface area contributed by atoms with Crippen molar-refractivity contribution in [2.45, 2.75) is 90.9 Å². The van der Waals surface area contributed by atoms with E-state index in [4.69, 9.17) is 9.47 Å². The molecule has 0 radical (unpaired) electrons. The molecule has 6 nitrogen and oxygen atoms in total. The first kappa shape index (κ1) is 29.8. The lowest BCUT2D eigenvalue weighted by atomic mass is 10.1. The second-order valence-corrected chi connectivity index (χ2v) is 9.93. The average molecular weight is 528 g/mol. The van der Waals surface area contributed by atoms with Crippen molar-refractivity contribution in [2.75, 3.05) is 6.61 Å². The molecule has 0 amide bonds. The Bertz CT molecular complexity index is 1180. The maximum atomic E-state index is 12.7. The molecule has 3 rings (SSSR count). The number of rotatable bonds is 17. The number of esters is 1. The molecule has 206 valence electrons. The number of carbonyl (C=O) groups is 1. The number of nitrogens with zero attached hydrogens (tertiary/aromatic N) is 3. The Morgan fingerprint density at radius 1 is 0.821 bits per heavy atom. The van der Waals surface area contributed by atoms with Gasteiger partial charge >= 0.3 is 5.97 Å². The SMILES string of the molecule is CCCCCCCCOc1ccc(C(=O)Oc2ccc(-c3ncc(CCCCCCC)cn3)cc2)cc1C#N. The number of nitriles is 1. The van der Waals surface area contributed by atoms with Crippen LogP contribution in [0.5, 0.6) is 11.5 Å². The fourth-order valence-corrected chi connectivity index (χ4v) is 4.34. The molecule has 0 saturated carbocycles. The molecule has 6 heteroatoms. The zero-order valence-corrected chi connectivity index (χ0v) is 23.5. The summed E-state index contributed by atoms with van der Waals surface area (Å²) >= 11 is 0. The van der Waals surface area contributed by atoms with E-state index >= 15 is 0 Å². The zero-order chi connectivity index (χ0) is 27.7. The molecule has 0 bridgehead atoms. The van der Waals surface area contributed by atoms with E-state index in [2.05, 4.69) is 29.9 Å². The molecule has 3 aromatic rings. The summed E-state index contributed by atoms with van der Waals surface area (Å²) in [5.74, 6) is 1.02. The number of aryl methyl sites for hydroxylation is 1. The van der Waals surface area contributed by atoms with Gasteiger partial charge in [0.25, 0.3) is 0 Å². The van der Waals surface area contributed by atoms with Gasteiger partial charge in [-0.25, -0.2) is 14.8 Å². The standard InChI is InChI=1S/C33H41N3O3/c1-3-5-7-9-11-13-21-38-31-20-17-28(22-29(31)23-34)33(37)39-30-18-15-27(16-19-30)32-35-24-26(25-36-32)14-12-10-8-6-4-2/h15-20,22,24-25H,3-14,21H2,1-2H3. The van der Waals surface area contributed by atoms with Crippen LogP contribution in [0.15, 0.2) is 54.9 Å². The van der Waals surface area contributed by atoms with Gasteiger partial charge in [0.05, 0.1) is 17.7 Å². The van der Waals surface area contributed by atoms with Crippen molar-refractivity contribution in [1.29, 1.82) is 5.26 Å². The smallest absolute Gasteiger partial charge is 0.343 e. The van der Waals surface area contributed by atoms with Crippen molar-refractivity contribution in [2.24, 2.45) is 0 Å². The predicted molar refractivity (Wildman–Crippen MR) is 155 cm³/mol. The lowest BCUT2D eigenvalue weighted by molar-refractivity contribution is 0.0734. The Labute approximate surface area is 233 Å². The second-order valence-electron chi connectivity index (χ2n) is 9.93. The molecular formula is C33H41N3O3. The molecule has 1 heterocycles.